The molecule has 0 aliphatic heterocycles. The zero-order chi connectivity index (χ0) is 12.1. The van der Waals surface area contributed by atoms with Gasteiger partial charge >= 0.3 is 0 Å². The second kappa shape index (κ2) is 5.69. The zero-order valence-corrected chi connectivity index (χ0v) is 10.3. The molecule has 1 aromatic carbocycles. The van der Waals surface area contributed by atoms with Gasteiger partial charge < -0.3 is 10.0 Å². The van der Waals surface area contributed by atoms with Gasteiger partial charge in [0.2, 0.25) is 0 Å². The Kier molecular flexibility index (Phi) is 3.99. The first-order valence-corrected chi connectivity index (χ1v) is 6.11. The fourth-order valence-electron chi connectivity index (χ4n) is 2.05. The van der Waals surface area contributed by atoms with Crippen LogP contribution in [0, 0.1) is 0 Å². The first-order valence-electron chi connectivity index (χ1n) is 6.11. The van der Waals surface area contributed by atoms with E-state index in [4.69, 9.17) is 5.11 Å². The number of anilines is 1. The van der Waals surface area contributed by atoms with Crippen molar-refractivity contribution in [1.82, 2.24) is 0 Å². The van der Waals surface area contributed by atoms with Crippen LogP contribution in [0.1, 0.15) is 18.4 Å². The Bertz CT molecular complexity index is 434. The Morgan fingerprint density at radius 2 is 2.18 bits per heavy atom. The van der Waals surface area contributed by atoms with Crippen molar-refractivity contribution in [1.29, 1.82) is 0 Å². The number of aliphatic hydroxyl groups excluding tert-OH is 1. The number of benzene rings is 1. The third-order valence-corrected chi connectivity index (χ3v) is 3.06. The Labute approximate surface area is 103 Å². The van der Waals surface area contributed by atoms with Crippen molar-refractivity contribution in [2.45, 2.75) is 19.3 Å². The molecule has 2 rings (SSSR count). The maximum Gasteiger partial charge on any atom is 0.0471 e. The van der Waals surface area contributed by atoms with Crippen LogP contribution in [-0.4, -0.2) is 18.8 Å². The number of aliphatic hydroxyl groups is 1. The fourth-order valence-corrected chi connectivity index (χ4v) is 2.05. The molecule has 0 radical (unpaired) electrons. The van der Waals surface area contributed by atoms with Gasteiger partial charge in [0.15, 0.2) is 0 Å². The predicted molar refractivity (Wildman–Crippen MR) is 72.1 cm³/mol. The number of likely N-dealkylation sites (N-methyl/N-ethyl adjacent to an activating group) is 1. The molecule has 0 unspecified atom stereocenters. The van der Waals surface area contributed by atoms with E-state index in [-0.39, 0.29) is 6.61 Å². The predicted octanol–water partition coefficient (Wildman–Crippen LogP) is 2.89. The highest BCUT2D eigenvalue weighted by atomic mass is 16.2. The summed E-state index contributed by atoms with van der Waals surface area (Å²) in [5.41, 5.74) is 3.60. The molecule has 2 heteroatoms. The number of allylic oxidation sites excluding steroid dienone is 3. The van der Waals surface area contributed by atoms with Gasteiger partial charge in [-0.05, 0) is 43.0 Å². The van der Waals surface area contributed by atoms with E-state index in [0.717, 1.165) is 19.3 Å². The van der Waals surface area contributed by atoms with Gasteiger partial charge in [-0.25, -0.2) is 0 Å². The van der Waals surface area contributed by atoms with Gasteiger partial charge in [-0.1, -0.05) is 24.3 Å². The largest absolute Gasteiger partial charge is 0.396 e. The summed E-state index contributed by atoms with van der Waals surface area (Å²) in [6.45, 7) is 0.204. The second-order valence-corrected chi connectivity index (χ2v) is 4.31. The zero-order valence-electron chi connectivity index (χ0n) is 10.3. The van der Waals surface area contributed by atoms with Crippen LogP contribution in [0.25, 0.3) is 0 Å². The number of nitrogens with zero attached hydrogens (tertiary/aromatic N) is 1. The summed E-state index contributed by atoms with van der Waals surface area (Å²) < 4.78 is 0. The summed E-state index contributed by atoms with van der Waals surface area (Å²) in [7, 11) is 2.08. The van der Waals surface area contributed by atoms with E-state index >= 15 is 0 Å². The van der Waals surface area contributed by atoms with Gasteiger partial charge in [0.05, 0.1) is 0 Å². The summed E-state index contributed by atoms with van der Waals surface area (Å²) in [6.07, 6.45) is 9.62. The average molecular weight is 229 g/mol. The molecule has 0 bridgehead atoms. The van der Waals surface area contributed by atoms with Crippen LogP contribution in [0.15, 0.2) is 48.2 Å². The smallest absolute Gasteiger partial charge is 0.0471 e. The Morgan fingerprint density at radius 1 is 1.29 bits per heavy atom. The molecule has 0 saturated carbocycles. The van der Waals surface area contributed by atoms with Crippen molar-refractivity contribution in [3.8, 4) is 0 Å². The van der Waals surface area contributed by atoms with Gasteiger partial charge in [-0.3, -0.25) is 0 Å². The molecular weight excluding hydrogens is 210 g/mol. The molecule has 1 aliphatic carbocycles. The first kappa shape index (κ1) is 11.9. The molecule has 1 aromatic rings. The van der Waals surface area contributed by atoms with Crippen molar-refractivity contribution in [2.24, 2.45) is 0 Å². The lowest BCUT2D eigenvalue weighted by Crippen LogP contribution is -2.16. The minimum atomic E-state index is 0.204. The lowest BCUT2D eigenvalue weighted by atomic mass is 10.1. The molecule has 0 aromatic heterocycles. The van der Waals surface area contributed by atoms with Crippen molar-refractivity contribution < 1.29 is 5.11 Å². The Hall–Kier alpha value is -1.54. The monoisotopic (exact) mass is 229 g/mol. The van der Waals surface area contributed by atoms with E-state index < -0.39 is 0 Å². The van der Waals surface area contributed by atoms with Crippen LogP contribution in [0.2, 0.25) is 0 Å². The van der Waals surface area contributed by atoms with Crippen LogP contribution in [0.5, 0.6) is 0 Å². The molecule has 0 saturated heterocycles. The molecule has 1 N–H and O–H groups in total. The summed E-state index contributed by atoms with van der Waals surface area (Å²) in [5.74, 6) is 0. The van der Waals surface area contributed by atoms with Gasteiger partial charge in [0.25, 0.3) is 0 Å². The molecule has 0 spiro atoms. The molecule has 1 aliphatic rings. The summed E-state index contributed by atoms with van der Waals surface area (Å²) in [6, 6.07) is 8.34. The van der Waals surface area contributed by atoms with Gasteiger partial charge in [-0.15, -0.1) is 0 Å². The van der Waals surface area contributed by atoms with Crippen LogP contribution >= 0.6 is 0 Å². The molecule has 0 heterocycles. The van der Waals surface area contributed by atoms with E-state index in [9.17, 15) is 0 Å². The van der Waals surface area contributed by atoms with Crippen molar-refractivity contribution in [3.05, 3.63) is 53.8 Å². The molecule has 2 nitrogen and oxygen atoms in total. The normalized spacial score (nSPS) is 14.6. The standard InChI is InChI=1S/C15H19NO/c1-16(14-7-3-2-4-8-14)15-9-5-6-13(12-15)10-11-17/h3,5-9,12,17H,2,4,10-11H2,1H3. The third kappa shape index (κ3) is 2.98. The Morgan fingerprint density at radius 3 is 2.88 bits per heavy atom. The highest BCUT2D eigenvalue weighted by Gasteiger charge is 2.06. The van der Waals surface area contributed by atoms with E-state index in [1.54, 1.807) is 0 Å². The molecule has 0 amide bonds. The number of hydrogen-bond donors (Lipinski definition) is 1. The van der Waals surface area contributed by atoms with E-state index in [1.807, 2.05) is 6.07 Å². The van der Waals surface area contributed by atoms with E-state index in [2.05, 4.69) is 48.4 Å². The number of hydrogen-bond acceptors (Lipinski definition) is 2. The fraction of sp³-hybridized carbons (Fsp3) is 0.333. The lowest BCUT2D eigenvalue weighted by Gasteiger charge is -2.23. The maximum atomic E-state index is 8.96. The molecule has 17 heavy (non-hydrogen) atoms. The average Bonchev–Trinajstić information content (AvgIpc) is 2.40. The topological polar surface area (TPSA) is 23.5 Å². The van der Waals surface area contributed by atoms with E-state index in [1.165, 1.54) is 16.9 Å². The molecular formula is C15H19NO. The van der Waals surface area contributed by atoms with Crippen LogP contribution < -0.4 is 4.90 Å². The summed E-state index contributed by atoms with van der Waals surface area (Å²) >= 11 is 0. The van der Waals surface area contributed by atoms with Gasteiger partial charge in [-0.2, -0.15) is 0 Å². The second-order valence-electron chi connectivity index (χ2n) is 4.31. The highest BCUT2D eigenvalue weighted by Crippen LogP contribution is 2.22. The van der Waals surface area contributed by atoms with Crippen molar-refractivity contribution in [3.63, 3.8) is 0 Å². The molecule has 90 valence electrons. The first-order chi connectivity index (χ1) is 8.31. The third-order valence-electron chi connectivity index (χ3n) is 3.06. The quantitative estimate of drug-likeness (QED) is 0.858. The highest BCUT2D eigenvalue weighted by molar-refractivity contribution is 5.55. The lowest BCUT2D eigenvalue weighted by molar-refractivity contribution is 0.299. The van der Waals surface area contributed by atoms with Gasteiger partial charge in [0.1, 0.15) is 0 Å². The Balaban J connectivity index is 2.18. The summed E-state index contributed by atoms with van der Waals surface area (Å²) in [4.78, 5) is 2.19. The van der Waals surface area contributed by atoms with Crippen molar-refractivity contribution in [2.75, 3.05) is 18.6 Å². The van der Waals surface area contributed by atoms with E-state index in [0.29, 0.717) is 0 Å². The van der Waals surface area contributed by atoms with Crippen LogP contribution in [-0.2, 0) is 6.42 Å². The molecule has 0 atom stereocenters. The van der Waals surface area contributed by atoms with Crippen LogP contribution in [0.3, 0.4) is 0 Å². The minimum Gasteiger partial charge on any atom is -0.396 e. The molecule has 0 fully saturated rings. The minimum absolute atomic E-state index is 0.204. The van der Waals surface area contributed by atoms with Crippen LogP contribution in [0.4, 0.5) is 5.69 Å². The summed E-state index contributed by atoms with van der Waals surface area (Å²) in [5, 5.41) is 8.96. The van der Waals surface area contributed by atoms with Gasteiger partial charge in [0, 0.05) is 25.0 Å². The maximum absolute atomic E-state index is 8.96. The number of rotatable bonds is 4. The SMILES string of the molecule is CN(C1=CCCC=C1)c1cccc(CCO)c1. The van der Waals surface area contributed by atoms with Crippen molar-refractivity contribution >= 4 is 5.69 Å².